The van der Waals surface area contributed by atoms with Crippen LogP contribution in [0.25, 0.3) is 0 Å². The first-order chi connectivity index (χ1) is 9.26. The lowest BCUT2D eigenvalue weighted by Crippen LogP contribution is -2.52. The molecule has 0 aliphatic carbocycles. The predicted octanol–water partition coefficient (Wildman–Crippen LogP) is 1.31. The van der Waals surface area contributed by atoms with Crippen LogP contribution < -0.4 is 10.5 Å². The van der Waals surface area contributed by atoms with E-state index < -0.39 is 15.6 Å². The van der Waals surface area contributed by atoms with E-state index in [9.17, 15) is 8.42 Å². The minimum absolute atomic E-state index is 0.0602. The summed E-state index contributed by atoms with van der Waals surface area (Å²) in [5.41, 5.74) is 6.12. The lowest BCUT2D eigenvalue weighted by Gasteiger charge is -2.30. The zero-order valence-corrected chi connectivity index (χ0v) is 13.3. The summed E-state index contributed by atoms with van der Waals surface area (Å²) in [4.78, 5) is 3.91. The maximum Gasteiger partial charge on any atom is 0.212 e. The second-order valence-corrected chi connectivity index (χ2v) is 7.73. The molecule has 6 heteroatoms. The van der Waals surface area contributed by atoms with Gasteiger partial charge in [0.25, 0.3) is 0 Å². The van der Waals surface area contributed by atoms with Crippen molar-refractivity contribution in [2.24, 2.45) is 11.7 Å². The molecule has 0 aromatic carbocycles. The summed E-state index contributed by atoms with van der Waals surface area (Å²) in [7, 11) is -3.35. The molecule has 1 heterocycles. The molecule has 0 saturated carbocycles. The molecule has 3 N–H and O–H groups in total. The Morgan fingerprint density at radius 3 is 2.45 bits per heavy atom. The Labute approximate surface area is 122 Å². The number of sulfonamides is 1. The van der Waals surface area contributed by atoms with Gasteiger partial charge in [-0.3, -0.25) is 4.98 Å². The normalized spacial score (nSPS) is 15.2. The topological polar surface area (TPSA) is 85.1 Å². The van der Waals surface area contributed by atoms with Gasteiger partial charge in [-0.25, -0.2) is 13.1 Å². The Balaban J connectivity index is 2.64. The smallest absolute Gasteiger partial charge is 0.212 e. The average Bonchev–Trinajstić information content (AvgIpc) is 2.36. The van der Waals surface area contributed by atoms with Crippen LogP contribution in [0.1, 0.15) is 32.8 Å². The zero-order chi connectivity index (χ0) is 15.2. The third-order valence-electron chi connectivity index (χ3n) is 3.12. The van der Waals surface area contributed by atoms with Crippen LogP contribution in [0.5, 0.6) is 0 Å². The minimum Gasteiger partial charge on any atom is -0.329 e. The van der Waals surface area contributed by atoms with E-state index in [0.29, 0.717) is 18.9 Å². The highest BCUT2D eigenvalue weighted by molar-refractivity contribution is 7.89. The number of nitrogens with two attached hydrogens (primary N) is 1. The monoisotopic (exact) mass is 299 g/mol. The van der Waals surface area contributed by atoms with Crippen LogP contribution in [0.3, 0.4) is 0 Å². The summed E-state index contributed by atoms with van der Waals surface area (Å²) in [6.07, 6.45) is 4.52. The fourth-order valence-electron chi connectivity index (χ4n) is 2.30. The van der Waals surface area contributed by atoms with E-state index in [0.717, 1.165) is 12.0 Å². The van der Waals surface area contributed by atoms with Crippen molar-refractivity contribution in [3.8, 4) is 0 Å². The Morgan fingerprint density at radius 2 is 1.95 bits per heavy atom. The highest BCUT2D eigenvalue weighted by Crippen LogP contribution is 2.16. The van der Waals surface area contributed by atoms with Crippen molar-refractivity contribution in [2.45, 2.75) is 39.2 Å². The molecule has 0 bridgehead atoms. The molecule has 0 amide bonds. The van der Waals surface area contributed by atoms with Crippen molar-refractivity contribution < 1.29 is 8.42 Å². The molecule has 1 atom stereocenters. The van der Waals surface area contributed by atoms with Crippen molar-refractivity contribution in [3.05, 3.63) is 30.1 Å². The van der Waals surface area contributed by atoms with Gasteiger partial charge in [-0.1, -0.05) is 13.8 Å². The number of pyridine rings is 1. The zero-order valence-electron chi connectivity index (χ0n) is 12.5. The van der Waals surface area contributed by atoms with Crippen molar-refractivity contribution in [3.63, 3.8) is 0 Å². The summed E-state index contributed by atoms with van der Waals surface area (Å²) >= 11 is 0. The fraction of sp³-hybridized carbons (Fsp3) is 0.643. The molecule has 1 aromatic heterocycles. The first-order valence-corrected chi connectivity index (χ1v) is 8.52. The van der Waals surface area contributed by atoms with Crippen LogP contribution in [0.4, 0.5) is 0 Å². The largest absolute Gasteiger partial charge is 0.329 e. The summed E-state index contributed by atoms with van der Waals surface area (Å²) in [5.74, 6) is 0.441. The third-order valence-corrected chi connectivity index (χ3v) is 4.67. The highest BCUT2D eigenvalue weighted by Gasteiger charge is 2.28. The molecule has 1 aromatic rings. The maximum atomic E-state index is 12.2. The quantitative estimate of drug-likeness (QED) is 0.758. The second kappa shape index (κ2) is 7.15. The van der Waals surface area contributed by atoms with E-state index in [1.165, 1.54) is 0 Å². The Hall–Kier alpha value is -0.980. The first-order valence-electron chi connectivity index (χ1n) is 6.87. The molecular weight excluding hydrogens is 274 g/mol. The standard InChI is InChI=1S/C14H25N3O2S/c1-12(2)10-14(3,11-15)17-20(18,19)9-6-13-4-7-16-8-5-13/h4-5,7-8,12,17H,6,9-11,15H2,1-3H3. The Kier molecular flexibility index (Phi) is 6.10. The molecule has 1 unspecified atom stereocenters. The van der Waals surface area contributed by atoms with E-state index in [4.69, 9.17) is 5.73 Å². The van der Waals surface area contributed by atoms with E-state index in [2.05, 4.69) is 23.6 Å². The molecule has 0 spiro atoms. The van der Waals surface area contributed by atoms with Gasteiger partial charge >= 0.3 is 0 Å². The van der Waals surface area contributed by atoms with Crippen LogP contribution in [0.15, 0.2) is 24.5 Å². The third kappa shape index (κ3) is 5.98. The van der Waals surface area contributed by atoms with Crippen LogP contribution in [-0.4, -0.2) is 31.2 Å². The highest BCUT2D eigenvalue weighted by atomic mass is 32.2. The number of aromatic nitrogens is 1. The van der Waals surface area contributed by atoms with E-state index in [-0.39, 0.29) is 5.75 Å². The van der Waals surface area contributed by atoms with Crippen molar-refractivity contribution in [1.29, 1.82) is 0 Å². The van der Waals surface area contributed by atoms with Crippen LogP contribution in [0.2, 0.25) is 0 Å². The Morgan fingerprint density at radius 1 is 1.35 bits per heavy atom. The first kappa shape index (κ1) is 17.1. The minimum atomic E-state index is -3.35. The predicted molar refractivity (Wildman–Crippen MR) is 81.8 cm³/mol. The maximum absolute atomic E-state index is 12.2. The van der Waals surface area contributed by atoms with Gasteiger partial charge in [0.15, 0.2) is 0 Å². The van der Waals surface area contributed by atoms with Gasteiger partial charge in [-0.2, -0.15) is 0 Å². The van der Waals surface area contributed by atoms with Gasteiger partial charge in [-0.15, -0.1) is 0 Å². The van der Waals surface area contributed by atoms with Gasteiger partial charge in [-0.05, 0) is 43.4 Å². The number of nitrogens with one attached hydrogen (secondary N) is 1. The summed E-state index contributed by atoms with van der Waals surface area (Å²) < 4.78 is 27.1. The van der Waals surface area contributed by atoms with Gasteiger partial charge in [0.2, 0.25) is 10.0 Å². The fourth-order valence-corrected chi connectivity index (χ4v) is 3.82. The second-order valence-electron chi connectivity index (χ2n) is 5.89. The number of hydrogen-bond acceptors (Lipinski definition) is 4. The van der Waals surface area contributed by atoms with E-state index in [1.807, 2.05) is 19.1 Å². The lowest BCUT2D eigenvalue weighted by atomic mass is 9.92. The molecule has 0 aliphatic heterocycles. The Bertz CT molecular complexity index is 502. The SMILES string of the molecule is CC(C)CC(C)(CN)NS(=O)(=O)CCc1ccncc1. The van der Waals surface area contributed by atoms with Gasteiger partial charge in [0.05, 0.1) is 5.75 Å². The molecule has 114 valence electrons. The van der Waals surface area contributed by atoms with Gasteiger partial charge in [0, 0.05) is 24.5 Å². The molecular formula is C14H25N3O2S. The van der Waals surface area contributed by atoms with Crippen molar-refractivity contribution in [1.82, 2.24) is 9.71 Å². The molecule has 0 aliphatic rings. The molecule has 20 heavy (non-hydrogen) atoms. The number of nitrogens with zero attached hydrogens (tertiary/aromatic N) is 1. The summed E-state index contributed by atoms with van der Waals surface area (Å²) in [5, 5.41) is 0. The average molecular weight is 299 g/mol. The summed E-state index contributed by atoms with van der Waals surface area (Å²) in [6, 6.07) is 3.65. The lowest BCUT2D eigenvalue weighted by molar-refractivity contribution is 0.344. The molecule has 0 fully saturated rings. The van der Waals surface area contributed by atoms with Gasteiger partial charge in [0.1, 0.15) is 0 Å². The number of aryl methyl sites for hydroxylation is 1. The summed E-state index contributed by atoms with van der Waals surface area (Å²) in [6.45, 7) is 6.26. The van der Waals surface area contributed by atoms with Crippen LogP contribution >= 0.6 is 0 Å². The van der Waals surface area contributed by atoms with E-state index >= 15 is 0 Å². The van der Waals surface area contributed by atoms with Crippen LogP contribution in [-0.2, 0) is 16.4 Å². The molecule has 5 nitrogen and oxygen atoms in total. The van der Waals surface area contributed by atoms with Crippen molar-refractivity contribution >= 4 is 10.0 Å². The van der Waals surface area contributed by atoms with Crippen LogP contribution in [0, 0.1) is 5.92 Å². The molecule has 1 rings (SSSR count). The number of rotatable bonds is 8. The number of hydrogen-bond donors (Lipinski definition) is 2. The molecule has 0 saturated heterocycles. The van der Waals surface area contributed by atoms with Gasteiger partial charge < -0.3 is 5.73 Å². The van der Waals surface area contributed by atoms with E-state index in [1.54, 1.807) is 12.4 Å². The van der Waals surface area contributed by atoms with Crippen molar-refractivity contribution in [2.75, 3.05) is 12.3 Å². The molecule has 0 radical (unpaired) electrons.